The molecule has 0 spiro atoms. The zero-order valence-corrected chi connectivity index (χ0v) is 10.7. The molecular formula is C13H18N2O4. The molecule has 0 aromatic rings. The second-order valence-corrected chi connectivity index (χ2v) is 5.93. The van der Waals surface area contributed by atoms with Gasteiger partial charge in [-0.25, -0.2) is 0 Å². The van der Waals surface area contributed by atoms with Crippen LogP contribution in [0.4, 0.5) is 0 Å². The molecule has 2 aliphatic heterocycles. The van der Waals surface area contributed by atoms with Crippen molar-refractivity contribution in [1.29, 1.82) is 0 Å². The first-order chi connectivity index (χ1) is 9.03. The third-order valence-electron chi connectivity index (χ3n) is 4.90. The monoisotopic (exact) mass is 266 g/mol. The minimum atomic E-state index is -0.777. The van der Waals surface area contributed by atoms with E-state index in [0.29, 0.717) is 32.4 Å². The number of carbonyl (C=O) groups excluding carboxylic acids is 2. The van der Waals surface area contributed by atoms with E-state index in [0.717, 1.165) is 12.8 Å². The fraction of sp³-hybridized carbons (Fsp3) is 0.769. The number of hydrogen-bond acceptors (Lipinski definition) is 3. The van der Waals surface area contributed by atoms with Crippen molar-refractivity contribution in [3.8, 4) is 0 Å². The Morgan fingerprint density at radius 2 is 2.16 bits per heavy atom. The van der Waals surface area contributed by atoms with E-state index in [9.17, 15) is 19.5 Å². The Balaban J connectivity index is 1.73. The smallest absolute Gasteiger partial charge is 0.311 e. The van der Waals surface area contributed by atoms with E-state index < -0.39 is 17.4 Å². The van der Waals surface area contributed by atoms with Gasteiger partial charge in [0.1, 0.15) is 6.04 Å². The number of carbonyl (C=O) groups is 3. The average Bonchev–Trinajstić information content (AvgIpc) is 3.00. The first-order valence-corrected chi connectivity index (χ1v) is 6.84. The van der Waals surface area contributed by atoms with Crippen LogP contribution in [0.3, 0.4) is 0 Å². The summed E-state index contributed by atoms with van der Waals surface area (Å²) in [5.74, 6) is -0.904. The second kappa shape index (κ2) is 4.21. The molecule has 2 heterocycles. The first-order valence-electron chi connectivity index (χ1n) is 6.84. The average molecular weight is 266 g/mol. The largest absolute Gasteiger partial charge is 0.481 e. The van der Waals surface area contributed by atoms with E-state index in [4.69, 9.17) is 0 Å². The summed E-state index contributed by atoms with van der Waals surface area (Å²) >= 11 is 0. The van der Waals surface area contributed by atoms with Gasteiger partial charge in [0.05, 0.1) is 5.41 Å². The van der Waals surface area contributed by atoms with Crippen LogP contribution >= 0.6 is 0 Å². The van der Waals surface area contributed by atoms with Crippen LogP contribution in [0.2, 0.25) is 0 Å². The molecule has 2 N–H and O–H groups in total. The minimum Gasteiger partial charge on any atom is -0.481 e. The standard InChI is InChI=1S/C13H18N2O4/c16-10-4-3-9(14-10)11(17)15-6-8-2-1-5-13(8,7-15)12(18)19/h8-9H,1-7H2,(H,14,16)(H,18,19)/t8-,9+,13+/m0/s1. The van der Waals surface area contributed by atoms with E-state index in [-0.39, 0.29) is 17.7 Å². The topological polar surface area (TPSA) is 86.7 Å². The summed E-state index contributed by atoms with van der Waals surface area (Å²) in [7, 11) is 0. The lowest BCUT2D eigenvalue weighted by molar-refractivity contribution is -0.149. The normalized spacial score (nSPS) is 37.3. The van der Waals surface area contributed by atoms with Crippen molar-refractivity contribution in [2.75, 3.05) is 13.1 Å². The Morgan fingerprint density at radius 3 is 2.74 bits per heavy atom. The van der Waals surface area contributed by atoms with Crippen molar-refractivity contribution in [3.05, 3.63) is 0 Å². The Morgan fingerprint density at radius 1 is 1.37 bits per heavy atom. The van der Waals surface area contributed by atoms with Gasteiger partial charge in [0.15, 0.2) is 0 Å². The van der Waals surface area contributed by atoms with Crippen LogP contribution in [0.25, 0.3) is 0 Å². The molecule has 104 valence electrons. The molecule has 3 atom stereocenters. The van der Waals surface area contributed by atoms with Crippen LogP contribution in [0.5, 0.6) is 0 Å². The van der Waals surface area contributed by atoms with Crippen molar-refractivity contribution in [2.24, 2.45) is 11.3 Å². The lowest BCUT2D eigenvalue weighted by Crippen LogP contribution is -2.45. The highest BCUT2D eigenvalue weighted by molar-refractivity contribution is 5.91. The van der Waals surface area contributed by atoms with Crippen molar-refractivity contribution in [3.63, 3.8) is 0 Å². The summed E-state index contributed by atoms with van der Waals surface area (Å²) in [6.07, 6.45) is 3.39. The number of nitrogens with zero attached hydrogens (tertiary/aromatic N) is 1. The highest BCUT2D eigenvalue weighted by Crippen LogP contribution is 2.49. The lowest BCUT2D eigenvalue weighted by Gasteiger charge is -2.24. The zero-order valence-electron chi connectivity index (χ0n) is 10.7. The second-order valence-electron chi connectivity index (χ2n) is 5.93. The molecule has 6 heteroatoms. The predicted octanol–water partition coefficient (Wildman–Crippen LogP) is -0.0217. The number of carboxylic acids is 1. The first kappa shape index (κ1) is 12.4. The van der Waals surface area contributed by atoms with E-state index in [1.807, 2.05) is 0 Å². The van der Waals surface area contributed by atoms with Gasteiger partial charge in [-0.15, -0.1) is 0 Å². The molecule has 1 saturated carbocycles. The van der Waals surface area contributed by atoms with Crippen molar-refractivity contribution in [2.45, 2.75) is 38.1 Å². The molecule has 6 nitrogen and oxygen atoms in total. The SMILES string of the molecule is O=C1CC[C@H](C(=O)N2C[C@@H]3CCC[C@@]3(C(=O)O)C2)N1. The predicted molar refractivity (Wildman–Crippen MR) is 65.2 cm³/mol. The number of hydrogen-bond donors (Lipinski definition) is 2. The van der Waals surface area contributed by atoms with Gasteiger partial charge in [-0.3, -0.25) is 14.4 Å². The summed E-state index contributed by atoms with van der Waals surface area (Å²) in [5.41, 5.74) is -0.738. The van der Waals surface area contributed by atoms with Gasteiger partial charge in [0.25, 0.3) is 0 Å². The molecule has 0 aromatic heterocycles. The highest BCUT2D eigenvalue weighted by atomic mass is 16.4. The van der Waals surface area contributed by atoms with Gasteiger partial charge in [0.2, 0.25) is 11.8 Å². The van der Waals surface area contributed by atoms with Crippen molar-refractivity contribution in [1.82, 2.24) is 10.2 Å². The summed E-state index contributed by atoms with van der Waals surface area (Å²) in [5, 5.41) is 12.1. The van der Waals surface area contributed by atoms with Crippen LogP contribution in [0, 0.1) is 11.3 Å². The third kappa shape index (κ3) is 1.81. The molecule has 3 fully saturated rings. The molecule has 1 aliphatic carbocycles. The van der Waals surface area contributed by atoms with Gasteiger partial charge < -0.3 is 15.3 Å². The molecule has 0 aromatic carbocycles. The quantitative estimate of drug-likeness (QED) is 0.735. The molecule has 0 unspecified atom stereocenters. The molecule has 3 aliphatic rings. The number of amides is 2. The Kier molecular flexibility index (Phi) is 2.76. The summed E-state index contributed by atoms with van der Waals surface area (Å²) in [6.45, 7) is 0.829. The molecule has 19 heavy (non-hydrogen) atoms. The van der Waals surface area contributed by atoms with Crippen LogP contribution in [0.1, 0.15) is 32.1 Å². The van der Waals surface area contributed by atoms with Gasteiger partial charge in [-0.05, 0) is 25.2 Å². The summed E-state index contributed by atoms with van der Waals surface area (Å²) in [6, 6.07) is -0.447. The van der Waals surface area contributed by atoms with Crippen LogP contribution in [-0.4, -0.2) is 46.9 Å². The van der Waals surface area contributed by atoms with E-state index in [1.54, 1.807) is 4.90 Å². The van der Waals surface area contributed by atoms with Gasteiger partial charge >= 0.3 is 5.97 Å². The van der Waals surface area contributed by atoms with Crippen LogP contribution < -0.4 is 5.32 Å². The summed E-state index contributed by atoms with van der Waals surface area (Å²) in [4.78, 5) is 36.7. The maximum absolute atomic E-state index is 12.3. The number of nitrogens with one attached hydrogen (secondary N) is 1. The number of fused-ring (bicyclic) bond motifs is 1. The Bertz CT molecular complexity index is 450. The Hall–Kier alpha value is -1.59. The fourth-order valence-corrected chi connectivity index (χ4v) is 3.83. The molecule has 2 amide bonds. The lowest BCUT2D eigenvalue weighted by atomic mass is 9.81. The zero-order chi connectivity index (χ0) is 13.6. The van der Waals surface area contributed by atoms with E-state index >= 15 is 0 Å². The number of rotatable bonds is 2. The fourth-order valence-electron chi connectivity index (χ4n) is 3.83. The van der Waals surface area contributed by atoms with Crippen molar-refractivity contribution >= 4 is 17.8 Å². The number of likely N-dealkylation sites (tertiary alicyclic amines) is 1. The molecular weight excluding hydrogens is 248 g/mol. The summed E-state index contributed by atoms with van der Waals surface area (Å²) < 4.78 is 0. The number of aliphatic carboxylic acids is 1. The maximum atomic E-state index is 12.3. The van der Waals surface area contributed by atoms with E-state index in [2.05, 4.69) is 5.32 Å². The number of carboxylic acid groups (broad SMARTS) is 1. The third-order valence-corrected chi connectivity index (χ3v) is 4.90. The minimum absolute atomic E-state index is 0.0751. The van der Waals surface area contributed by atoms with Gasteiger partial charge in [0, 0.05) is 19.5 Å². The van der Waals surface area contributed by atoms with Crippen LogP contribution in [-0.2, 0) is 14.4 Å². The van der Waals surface area contributed by atoms with Gasteiger partial charge in [-0.2, -0.15) is 0 Å². The molecule has 0 radical (unpaired) electrons. The maximum Gasteiger partial charge on any atom is 0.311 e. The van der Waals surface area contributed by atoms with Crippen LogP contribution in [0.15, 0.2) is 0 Å². The van der Waals surface area contributed by atoms with Gasteiger partial charge in [-0.1, -0.05) is 6.42 Å². The van der Waals surface area contributed by atoms with E-state index in [1.165, 1.54) is 0 Å². The van der Waals surface area contributed by atoms with Crippen molar-refractivity contribution < 1.29 is 19.5 Å². The molecule has 3 rings (SSSR count). The Labute approximate surface area is 111 Å². The highest BCUT2D eigenvalue weighted by Gasteiger charge is 2.56. The molecule has 2 saturated heterocycles. The molecule has 0 bridgehead atoms.